The van der Waals surface area contributed by atoms with Crippen LogP contribution in [0.1, 0.15) is 40.4 Å². The van der Waals surface area contributed by atoms with Gasteiger partial charge in [-0.2, -0.15) is 0 Å². The van der Waals surface area contributed by atoms with Crippen LogP contribution < -0.4 is 5.32 Å². The fourth-order valence-electron chi connectivity index (χ4n) is 4.81. The third kappa shape index (κ3) is 7.24. The third-order valence-electron chi connectivity index (χ3n) is 6.91. The molecular weight excluding hydrogens is 488 g/mol. The van der Waals surface area contributed by atoms with Crippen molar-refractivity contribution >= 4 is 11.8 Å². The number of carbonyl (C=O) groups excluding carboxylic acids is 2. The Morgan fingerprint density at radius 2 is 1.66 bits per heavy atom. The number of piperidine rings is 1. The van der Waals surface area contributed by atoms with Crippen molar-refractivity contribution in [2.45, 2.75) is 31.5 Å². The summed E-state index contributed by atoms with van der Waals surface area (Å²) < 4.78 is 33.5. The summed E-state index contributed by atoms with van der Waals surface area (Å²) in [6.07, 6.45) is 1.25. The summed E-state index contributed by atoms with van der Waals surface area (Å²) in [6, 6.07) is 21.2. The zero-order chi connectivity index (χ0) is 26.9. The lowest BCUT2D eigenvalue weighted by molar-refractivity contribution is 0.0836. The van der Waals surface area contributed by atoms with Crippen molar-refractivity contribution in [3.05, 3.63) is 107 Å². The van der Waals surface area contributed by atoms with Gasteiger partial charge in [-0.25, -0.2) is 13.6 Å². The van der Waals surface area contributed by atoms with Gasteiger partial charge in [-0.05, 0) is 24.5 Å². The molecule has 3 aromatic carbocycles. The SMILES string of the molecule is COCC(NC(=O)N(Cc1ccc(F)cc1F)C1CCN(CC(=O)c2ccccc2)CC1)c1ccccc1. The maximum absolute atomic E-state index is 14.6. The second-order valence-corrected chi connectivity index (χ2v) is 9.53. The van der Waals surface area contributed by atoms with E-state index in [0.29, 0.717) is 38.0 Å². The van der Waals surface area contributed by atoms with Crippen LogP contribution in [0.15, 0.2) is 78.9 Å². The predicted molar refractivity (Wildman–Crippen MR) is 142 cm³/mol. The molecule has 1 unspecified atom stereocenters. The van der Waals surface area contributed by atoms with Crippen molar-refractivity contribution < 1.29 is 23.1 Å². The van der Waals surface area contributed by atoms with Crippen LogP contribution in [0, 0.1) is 11.6 Å². The third-order valence-corrected chi connectivity index (χ3v) is 6.91. The Morgan fingerprint density at radius 1 is 1.00 bits per heavy atom. The molecule has 1 fully saturated rings. The molecule has 4 rings (SSSR count). The molecule has 2 amide bonds. The number of carbonyl (C=O) groups is 2. The van der Waals surface area contributed by atoms with Gasteiger partial charge >= 0.3 is 6.03 Å². The summed E-state index contributed by atoms with van der Waals surface area (Å²) in [7, 11) is 1.57. The zero-order valence-electron chi connectivity index (χ0n) is 21.5. The number of urea groups is 1. The fraction of sp³-hybridized carbons (Fsp3) is 0.333. The number of halogens is 2. The monoisotopic (exact) mass is 521 g/mol. The molecule has 0 bridgehead atoms. The first-order chi connectivity index (χ1) is 18.4. The van der Waals surface area contributed by atoms with E-state index in [-0.39, 0.29) is 36.6 Å². The second-order valence-electron chi connectivity index (χ2n) is 9.53. The lowest BCUT2D eigenvalue weighted by atomic mass is 10.0. The molecular formula is C30H33F2N3O3. The molecule has 1 N–H and O–H groups in total. The Balaban J connectivity index is 1.47. The molecule has 1 heterocycles. The van der Waals surface area contributed by atoms with Gasteiger partial charge in [-0.1, -0.05) is 66.7 Å². The van der Waals surface area contributed by atoms with Gasteiger partial charge in [0.1, 0.15) is 11.6 Å². The van der Waals surface area contributed by atoms with E-state index in [1.807, 2.05) is 60.7 Å². The van der Waals surface area contributed by atoms with Gasteiger partial charge in [0.25, 0.3) is 0 Å². The molecule has 200 valence electrons. The molecule has 1 aliphatic heterocycles. The smallest absolute Gasteiger partial charge is 0.318 e. The summed E-state index contributed by atoms with van der Waals surface area (Å²) in [5.41, 5.74) is 1.81. The van der Waals surface area contributed by atoms with Crippen molar-refractivity contribution in [3.63, 3.8) is 0 Å². The molecule has 3 aromatic rings. The lowest BCUT2D eigenvalue weighted by Gasteiger charge is -2.39. The van der Waals surface area contributed by atoms with E-state index in [4.69, 9.17) is 4.74 Å². The molecule has 38 heavy (non-hydrogen) atoms. The van der Waals surface area contributed by atoms with Gasteiger partial charge in [-0.3, -0.25) is 9.69 Å². The van der Waals surface area contributed by atoms with Crippen molar-refractivity contribution in [3.8, 4) is 0 Å². The van der Waals surface area contributed by atoms with Crippen LogP contribution in [0.25, 0.3) is 0 Å². The summed E-state index contributed by atoms with van der Waals surface area (Å²) in [6.45, 7) is 1.83. The number of Topliss-reactive ketones (excluding diaryl/α,β-unsaturated/α-hetero) is 1. The summed E-state index contributed by atoms with van der Waals surface area (Å²) in [4.78, 5) is 30.0. The number of nitrogens with one attached hydrogen (secondary N) is 1. The highest BCUT2D eigenvalue weighted by Gasteiger charge is 2.31. The molecule has 1 atom stereocenters. The van der Waals surface area contributed by atoms with Crippen LogP contribution in [-0.4, -0.2) is 61.0 Å². The molecule has 0 saturated carbocycles. The van der Waals surface area contributed by atoms with Crippen molar-refractivity contribution in [2.24, 2.45) is 0 Å². The number of likely N-dealkylation sites (tertiary alicyclic amines) is 1. The molecule has 0 radical (unpaired) electrons. The Hall–Kier alpha value is -3.62. The van der Waals surface area contributed by atoms with Crippen molar-refractivity contribution in [1.29, 1.82) is 0 Å². The second kappa shape index (κ2) is 13.3. The normalized spacial score (nSPS) is 15.1. The topological polar surface area (TPSA) is 61.9 Å². The predicted octanol–water partition coefficient (Wildman–Crippen LogP) is 5.21. The molecule has 1 saturated heterocycles. The van der Waals surface area contributed by atoms with Crippen LogP contribution >= 0.6 is 0 Å². The average Bonchev–Trinajstić information content (AvgIpc) is 2.94. The van der Waals surface area contributed by atoms with Gasteiger partial charge in [0, 0.05) is 43.4 Å². The molecule has 0 aliphatic carbocycles. The maximum atomic E-state index is 14.6. The van der Waals surface area contributed by atoms with E-state index in [0.717, 1.165) is 11.6 Å². The Bertz CT molecular complexity index is 1200. The van der Waals surface area contributed by atoms with E-state index in [2.05, 4.69) is 10.2 Å². The van der Waals surface area contributed by atoms with Crippen molar-refractivity contribution in [1.82, 2.24) is 15.1 Å². The number of rotatable bonds is 10. The van der Waals surface area contributed by atoms with Gasteiger partial charge < -0.3 is 15.0 Å². The highest BCUT2D eigenvalue weighted by atomic mass is 19.1. The quantitative estimate of drug-likeness (QED) is 0.372. The van der Waals surface area contributed by atoms with E-state index in [1.165, 1.54) is 12.1 Å². The average molecular weight is 522 g/mol. The van der Waals surface area contributed by atoms with E-state index in [1.54, 1.807) is 12.0 Å². The zero-order valence-corrected chi connectivity index (χ0v) is 21.5. The minimum atomic E-state index is -0.690. The van der Waals surface area contributed by atoms with Crippen LogP contribution in [0.3, 0.4) is 0 Å². The lowest BCUT2D eigenvalue weighted by Crippen LogP contribution is -2.51. The summed E-state index contributed by atoms with van der Waals surface area (Å²) in [5, 5.41) is 3.05. The number of methoxy groups -OCH3 is 1. The standard InChI is InChI=1S/C30H33F2N3O3/c1-38-21-28(22-8-4-2-5-9-22)33-30(37)35(19-24-12-13-25(31)18-27(24)32)26-14-16-34(17-15-26)20-29(36)23-10-6-3-7-11-23/h2-13,18,26,28H,14-17,19-21H2,1H3,(H,33,37). The fourth-order valence-corrected chi connectivity index (χ4v) is 4.81. The number of hydrogen-bond donors (Lipinski definition) is 1. The first-order valence-corrected chi connectivity index (χ1v) is 12.8. The van der Waals surface area contributed by atoms with Crippen molar-refractivity contribution in [2.75, 3.05) is 33.4 Å². The maximum Gasteiger partial charge on any atom is 0.318 e. The van der Waals surface area contributed by atoms with Gasteiger partial charge in [0.05, 0.1) is 25.7 Å². The van der Waals surface area contributed by atoms with Gasteiger partial charge in [0.15, 0.2) is 5.78 Å². The Morgan fingerprint density at radius 3 is 2.29 bits per heavy atom. The van der Waals surface area contributed by atoms with E-state index >= 15 is 0 Å². The minimum absolute atomic E-state index is 0.0000507. The minimum Gasteiger partial charge on any atom is -0.382 e. The summed E-state index contributed by atoms with van der Waals surface area (Å²) in [5.74, 6) is -1.30. The number of hydrogen-bond acceptors (Lipinski definition) is 4. The highest BCUT2D eigenvalue weighted by Crippen LogP contribution is 2.23. The first-order valence-electron chi connectivity index (χ1n) is 12.8. The van der Waals surface area contributed by atoms with Crippen LogP contribution in [0.5, 0.6) is 0 Å². The Labute approximate surface area is 222 Å². The number of ether oxygens (including phenoxy) is 1. The van der Waals surface area contributed by atoms with E-state index < -0.39 is 17.7 Å². The molecule has 8 heteroatoms. The molecule has 0 spiro atoms. The van der Waals surface area contributed by atoms with E-state index in [9.17, 15) is 18.4 Å². The summed E-state index contributed by atoms with van der Waals surface area (Å²) >= 11 is 0. The number of nitrogens with zero attached hydrogens (tertiary/aromatic N) is 2. The van der Waals surface area contributed by atoms with Gasteiger partial charge in [-0.15, -0.1) is 0 Å². The Kier molecular flexibility index (Phi) is 9.56. The number of amides is 2. The van der Waals surface area contributed by atoms with Crippen LogP contribution in [0.4, 0.5) is 13.6 Å². The molecule has 6 nitrogen and oxygen atoms in total. The van der Waals surface area contributed by atoms with Crippen LogP contribution in [-0.2, 0) is 11.3 Å². The van der Waals surface area contributed by atoms with Crippen LogP contribution in [0.2, 0.25) is 0 Å². The highest BCUT2D eigenvalue weighted by molar-refractivity contribution is 5.97. The number of ketones is 1. The van der Waals surface area contributed by atoms with Gasteiger partial charge in [0.2, 0.25) is 0 Å². The largest absolute Gasteiger partial charge is 0.382 e. The number of benzene rings is 3. The molecule has 0 aromatic heterocycles. The first kappa shape index (κ1) is 27.4. The molecule has 1 aliphatic rings.